The second kappa shape index (κ2) is 12.6. The van der Waals surface area contributed by atoms with Crippen LogP contribution in [0.5, 0.6) is 0 Å². The van der Waals surface area contributed by atoms with Crippen LogP contribution in [0.3, 0.4) is 0 Å². The van der Waals surface area contributed by atoms with Gasteiger partial charge in [0.2, 0.25) is 0 Å². The average molecular weight is 522 g/mol. The molecular formula is C33H34Zr. The molecule has 0 radical (unpaired) electrons. The molecule has 1 aliphatic rings. The maximum atomic E-state index is 2.45. The Kier molecular flexibility index (Phi) is 9.06. The fourth-order valence-corrected chi connectivity index (χ4v) is 17.4. The summed E-state index contributed by atoms with van der Waals surface area (Å²) in [4.78, 5) is 0. The van der Waals surface area contributed by atoms with Gasteiger partial charge in [-0.2, -0.15) is 0 Å². The van der Waals surface area contributed by atoms with E-state index in [1.807, 2.05) is 18.2 Å². The fourth-order valence-electron chi connectivity index (χ4n) is 4.86. The molecule has 170 valence electrons. The quantitative estimate of drug-likeness (QED) is 0.228. The van der Waals surface area contributed by atoms with Crippen molar-refractivity contribution >= 4 is 0 Å². The number of hydrogen-bond acceptors (Lipinski definition) is 0. The second-order valence-corrected chi connectivity index (χ2v) is 19.7. The van der Waals surface area contributed by atoms with E-state index in [4.69, 9.17) is 0 Å². The van der Waals surface area contributed by atoms with Gasteiger partial charge in [-0.15, -0.1) is 0 Å². The first-order valence-corrected chi connectivity index (χ1v) is 18.7. The monoisotopic (exact) mass is 520 g/mol. The summed E-state index contributed by atoms with van der Waals surface area (Å²) in [5, 5.41) is 0. The minimum Gasteiger partial charge on any atom is -0.0622 e. The van der Waals surface area contributed by atoms with E-state index >= 15 is 0 Å². The Labute approximate surface area is 210 Å². The zero-order valence-electron chi connectivity index (χ0n) is 20.1. The summed E-state index contributed by atoms with van der Waals surface area (Å²) in [5.74, 6) is 0. The zero-order valence-corrected chi connectivity index (χ0v) is 22.6. The molecule has 0 amide bonds. The molecule has 0 atom stereocenters. The van der Waals surface area contributed by atoms with Gasteiger partial charge in [0, 0.05) is 0 Å². The van der Waals surface area contributed by atoms with Crippen molar-refractivity contribution < 1.29 is 20.3 Å². The predicted molar refractivity (Wildman–Crippen MR) is 143 cm³/mol. The summed E-state index contributed by atoms with van der Waals surface area (Å²) in [7, 11) is 0. The van der Waals surface area contributed by atoms with Crippen LogP contribution in [-0.2, 0) is 32.7 Å². The summed E-state index contributed by atoms with van der Waals surface area (Å²) < 4.78 is 5.58. The first kappa shape index (κ1) is 24.4. The number of rotatable bonds is 7. The van der Waals surface area contributed by atoms with Crippen LogP contribution in [0, 0.1) is 6.92 Å². The Morgan fingerprint density at radius 2 is 0.912 bits per heavy atom. The van der Waals surface area contributed by atoms with Gasteiger partial charge in [0.15, 0.2) is 0 Å². The Morgan fingerprint density at radius 3 is 1.21 bits per heavy atom. The molecule has 0 fully saturated rings. The van der Waals surface area contributed by atoms with E-state index in [0.717, 1.165) is 6.42 Å². The van der Waals surface area contributed by atoms with Gasteiger partial charge < -0.3 is 0 Å². The third kappa shape index (κ3) is 7.12. The molecule has 0 unspecified atom stereocenters. The summed E-state index contributed by atoms with van der Waals surface area (Å²) >= 11 is -2.75. The number of hydrogen-bond donors (Lipinski definition) is 0. The molecule has 0 spiro atoms. The molecule has 0 aromatic heterocycles. The van der Waals surface area contributed by atoms with E-state index in [9.17, 15) is 0 Å². The molecule has 0 nitrogen and oxygen atoms in total. The van der Waals surface area contributed by atoms with Gasteiger partial charge in [-0.1, -0.05) is 35.9 Å². The summed E-state index contributed by atoms with van der Waals surface area (Å²) in [6, 6.07) is 43.8. The Balaban J connectivity index is 0.000000336. The summed E-state index contributed by atoms with van der Waals surface area (Å²) in [5.41, 5.74) is 5.84. The van der Waals surface area contributed by atoms with Crippen LogP contribution in [0.2, 0.25) is 0 Å². The standard InChI is InChI=1S/C7H8.3C7H7.C5H5.Zr/c4*1-7-5-3-2-4-6-7;1-2-4-5-3-1;/h2-6H,1H3;3*2-6H,1H2;1-3H,4H2;. The zero-order chi connectivity index (χ0) is 23.5. The van der Waals surface area contributed by atoms with Gasteiger partial charge in [-0.25, -0.2) is 0 Å². The van der Waals surface area contributed by atoms with E-state index in [1.54, 1.807) is 3.28 Å². The maximum absolute atomic E-state index is 2.75. The van der Waals surface area contributed by atoms with Gasteiger partial charge >= 0.3 is 168 Å². The Hall–Kier alpha value is -2.76. The maximum Gasteiger partial charge on any atom is -0.0398 e. The first-order valence-electron chi connectivity index (χ1n) is 12.2. The molecule has 1 aliphatic carbocycles. The molecule has 0 saturated heterocycles. The van der Waals surface area contributed by atoms with Crippen LogP contribution in [0.25, 0.3) is 0 Å². The van der Waals surface area contributed by atoms with Gasteiger partial charge in [0.1, 0.15) is 0 Å². The third-order valence-corrected chi connectivity index (χ3v) is 18.8. The topological polar surface area (TPSA) is 0 Å². The SMILES string of the molecule is C1=CC[C]([Zr]([CH2]c2ccccc2)([CH2]c2ccccc2)[CH2]c2ccccc2)=C1.Cc1ccccc1. The number of benzene rings is 4. The molecule has 0 saturated carbocycles. The molecule has 4 aromatic carbocycles. The minimum absolute atomic E-state index is 1.16. The normalized spacial score (nSPS) is 12.6. The molecule has 0 bridgehead atoms. The molecule has 0 N–H and O–H groups in total. The van der Waals surface area contributed by atoms with Gasteiger partial charge in [-0.3, -0.25) is 0 Å². The first-order chi connectivity index (χ1) is 16.7. The van der Waals surface area contributed by atoms with E-state index in [2.05, 4.69) is 128 Å². The van der Waals surface area contributed by atoms with Crippen LogP contribution in [0.15, 0.2) is 143 Å². The van der Waals surface area contributed by atoms with Gasteiger partial charge in [-0.05, 0) is 6.92 Å². The fraction of sp³-hybridized carbons (Fsp3) is 0.152. The van der Waals surface area contributed by atoms with Gasteiger partial charge in [0.25, 0.3) is 0 Å². The van der Waals surface area contributed by atoms with Crippen LogP contribution in [-0.4, -0.2) is 0 Å². The van der Waals surface area contributed by atoms with Crippen molar-refractivity contribution in [1.82, 2.24) is 0 Å². The Morgan fingerprint density at radius 1 is 0.529 bits per heavy atom. The summed E-state index contributed by atoms with van der Waals surface area (Å²) in [6.45, 7) is 2.08. The summed E-state index contributed by atoms with van der Waals surface area (Å²) in [6.07, 6.45) is 8.23. The van der Waals surface area contributed by atoms with Crippen LogP contribution in [0.1, 0.15) is 28.7 Å². The largest absolute Gasteiger partial charge is 0.0622 e. The second-order valence-electron chi connectivity index (χ2n) is 9.25. The Bertz CT molecular complexity index is 1080. The van der Waals surface area contributed by atoms with E-state index in [1.165, 1.54) is 34.6 Å². The van der Waals surface area contributed by atoms with Crippen molar-refractivity contribution in [3.05, 3.63) is 165 Å². The molecule has 0 aliphatic heterocycles. The van der Waals surface area contributed by atoms with Crippen molar-refractivity contribution in [2.24, 2.45) is 0 Å². The van der Waals surface area contributed by atoms with E-state index in [0.29, 0.717) is 0 Å². The molecule has 1 heteroatoms. The van der Waals surface area contributed by atoms with Crippen molar-refractivity contribution in [1.29, 1.82) is 0 Å². The number of allylic oxidation sites excluding steroid dienone is 4. The molecular weight excluding hydrogens is 488 g/mol. The molecule has 4 aromatic rings. The van der Waals surface area contributed by atoms with E-state index < -0.39 is 20.3 Å². The van der Waals surface area contributed by atoms with Crippen LogP contribution in [0.4, 0.5) is 0 Å². The van der Waals surface area contributed by atoms with Crippen LogP contribution < -0.4 is 0 Å². The number of aryl methyl sites for hydroxylation is 1. The predicted octanol–water partition coefficient (Wildman–Crippen LogP) is 8.58. The van der Waals surface area contributed by atoms with Crippen molar-refractivity contribution in [3.63, 3.8) is 0 Å². The van der Waals surface area contributed by atoms with Crippen molar-refractivity contribution in [2.75, 3.05) is 0 Å². The molecule has 34 heavy (non-hydrogen) atoms. The average Bonchev–Trinajstić information content (AvgIpc) is 3.43. The van der Waals surface area contributed by atoms with Crippen LogP contribution >= 0.6 is 0 Å². The van der Waals surface area contributed by atoms with E-state index in [-0.39, 0.29) is 0 Å². The third-order valence-electron chi connectivity index (χ3n) is 6.55. The van der Waals surface area contributed by atoms with Crippen molar-refractivity contribution in [3.8, 4) is 0 Å². The smallest absolute Gasteiger partial charge is 0.0398 e. The van der Waals surface area contributed by atoms with Gasteiger partial charge in [0.05, 0.1) is 0 Å². The molecule has 0 heterocycles. The van der Waals surface area contributed by atoms with Crippen molar-refractivity contribution in [2.45, 2.75) is 25.7 Å². The molecule has 5 rings (SSSR count). The minimum atomic E-state index is -2.75.